The van der Waals surface area contributed by atoms with Crippen LogP contribution in [0.25, 0.3) is 6.08 Å². The molecule has 0 spiro atoms. The molecule has 0 aliphatic heterocycles. The Balaban J connectivity index is 2.17. The molecule has 0 saturated heterocycles. The van der Waals surface area contributed by atoms with Crippen molar-refractivity contribution in [2.24, 2.45) is 0 Å². The van der Waals surface area contributed by atoms with Crippen LogP contribution in [0.2, 0.25) is 0 Å². The first-order valence-electron chi connectivity index (χ1n) is 8.21. The maximum atomic E-state index is 12.6. The van der Waals surface area contributed by atoms with Gasteiger partial charge >= 0.3 is 5.97 Å². The van der Waals surface area contributed by atoms with Crippen LogP contribution in [0.1, 0.15) is 26.3 Å². The highest BCUT2D eigenvalue weighted by molar-refractivity contribution is 8.00. The summed E-state index contributed by atoms with van der Waals surface area (Å²) in [5.41, 5.74) is 0.365. The average Bonchev–Trinajstić information content (AvgIpc) is 2.58. The van der Waals surface area contributed by atoms with E-state index in [1.807, 2.05) is 87.5 Å². The number of aliphatic hydroxyl groups is 1. The van der Waals surface area contributed by atoms with Gasteiger partial charge in [0.1, 0.15) is 10.9 Å². The minimum Gasteiger partial charge on any atom is -0.459 e. The van der Waals surface area contributed by atoms with Crippen LogP contribution < -0.4 is 0 Å². The molecule has 3 nitrogen and oxygen atoms in total. The molecule has 2 atom stereocenters. The lowest BCUT2D eigenvalue weighted by Gasteiger charge is -2.25. The Bertz CT molecular complexity index is 690. The van der Waals surface area contributed by atoms with E-state index in [1.54, 1.807) is 6.08 Å². The summed E-state index contributed by atoms with van der Waals surface area (Å²) in [6, 6.07) is 19.2. The number of benzene rings is 2. The fraction of sp³-hybridized carbons (Fsp3) is 0.286. The SMILES string of the molecule is CC(C)(C)OC(=O)[C@@H](Sc1ccccc1)[C@@H](O)/C=C/c1ccccc1. The van der Waals surface area contributed by atoms with Crippen molar-refractivity contribution in [1.29, 1.82) is 0 Å². The van der Waals surface area contributed by atoms with Crippen molar-refractivity contribution in [1.82, 2.24) is 0 Å². The zero-order chi connectivity index (χ0) is 18.3. The lowest BCUT2D eigenvalue weighted by Crippen LogP contribution is -2.36. The summed E-state index contributed by atoms with van der Waals surface area (Å²) >= 11 is 1.30. The van der Waals surface area contributed by atoms with Crippen LogP contribution in [0, 0.1) is 0 Å². The van der Waals surface area contributed by atoms with E-state index < -0.39 is 22.9 Å². The van der Waals surface area contributed by atoms with Gasteiger partial charge in [-0.3, -0.25) is 4.79 Å². The number of thioether (sulfide) groups is 1. The van der Waals surface area contributed by atoms with Gasteiger partial charge < -0.3 is 9.84 Å². The number of esters is 1. The van der Waals surface area contributed by atoms with Crippen molar-refractivity contribution in [2.45, 2.75) is 42.6 Å². The largest absolute Gasteiger partial charge is 0.459 e. The van der Waals surface area contributed by atoms with Crippen molar-refractivity contribution >= 4 is 23.8 Å². The van der Waals surface area contributed by atoms with Crippen LogP contribution in [0.4, 0.5) is 0 Å². The lowest BCUT2D eigenvalue weighted by molar-refractivity contribution is -0.155. The molecule has 0 aliphatic carbocycles. The van der Waals surface area contributed by atoms with E-state index in [-0.39, 0.29) is 0 Å². The van der Waals surface area contributed by atoms with Crippen molar-refractivity contribution in [3.05, 3.63) is 72.3 Å². The van der Waals surface area contributed by atoms with E-state index in [1.165, 1.54) is 11.8 Å². The summed E-state index contributed by atoms with van der Waals surface area (Å²) in [5.74, 6) is -0.424. The second kappa shape index (κ2) is 8.88. The van der Waals surface area contributed by atoms with E-state index >= 15 is 0 Å². The molecule has 2 aromatic carbocycles. The highest BCUT2D eigenvalue weighted by Gasteiger charge is 2.31. The third kappa shape index (κ3) is 6.77. The molecule has 0 saturated carbocycles. The molecule has 0 aliphatic rings. The number of carbonyl (C=O) groups excluding carboxylic acids is 1. The van der Waals surface area contributed by atoms with E-state index in [2.05, 4.69) is 0 Å². The summed E-state index contributed by atoms with van der Waals surface area (Å²) in [5, 5.41) is 9.86. The van der Waals surface area contributed by atoms with E-state index in [9.17, 15) is 9.90 Å². The number of rotatable bonds is 6. The Morgan fingerprint density at radius 3 is 2.16 bits per heavy atom. The van der Waals surface area contributed by atoms with Gasteiger partial charge in [0, 0.05) is 4.90 Å². The van der Waals surface area contributed by atoms with Gasteiger partial charge in [-0.2, -0.15) is 0 Å². The summed E-state index contributed by atoms with van der Waals surface area (Å²) in [7, 11) is 0. The van der Waals surface area contributed by atoms with Crippen molar-refractivity contribution in [3.63, 3.8) is 0 Å². The molecule has 0 unspecified atom stereocenters. The Hall–Kier alpha value is -2.04. The molecule has 1 N–H and O–H groups in total. The van der Waals surface area contributed by atoms with Crippen molar-refractivity contribution in [3.8, 4) is 0 Å². The molecule has 132 valence electrons. The van der Waals surface area contributed by atoms with Gasteiger partial charge in [-0.25, -0.2) is 0 Å². The fourth-order valence-corrected chi connectivity index (χ4v) is 3.12. The van der Waals surface area contributed by atoms with Crippen LogP contribution in [-0.4, -0.2) is 28.0 Å². The van der Waals surface area contributed by atoms with Gasteiger partial charge in [-0.15, -0.1) is 11.8 Å². The van der Waals surface area contributed by atoms with Gasteiger partial charge in [0.15, 0.2) is 0 Å². The molecule has 0 amide bonds. The smallest absolute Gasteiger partial charge is 0.322 e. The minimum atomic E-state index is -0.958. The molecule has 0 fully saturated rings. The third-order valence-electron chi connectivity index (χ3n) is 3.24. The first kappa shape index (κ1) is 19.3. The summed E-state index contributed by atoms with van der Waals surface area (Å²) < 4.78 is 5.49. The predicted molar refractivity (Wildman–Crippen MR) is 103 cm³/mol. The second-order valence-corrected chi connectivity index (χ2v) is 7.86. The van der Waals surface area contributed by atoms with Crippen molar-refractivity contribution < 1.29 is 14.6 Å². The maximum Gasteiger partial charge on any atom is 0.322 e. The molecular weight excluding hydrogens is 332 g/mol. The maximum absolute atomic E-state index is 12.6. The number of aliphatic hydroxyl groups excluding tert-OH is 1. The number of ether oxygens (including phenoxy) is 1. The van der Waals surface area contributed by atoms with E-state index in [0.717, 1.165) is 10.5 Å². The molecule has 0 aromatic heterocycles. The first-order chi connectivity index (χ1) is 11.8. The summed E-state index contributed by atoms with van der Waals surface area (Å²) in [4.78, 5) is 13.5. The Kier molecular flexibility index (Phi) is 6.85. The molecular formula is C21H24O3S. The molecule has 0 radical (unpaired) electrons. The van der Waals surface area contributed by atoms with Crippen LogP contribution in [0.5, 0.6) is 0 Å². The van der Waals surface area contributed by atoms with Gasteiger partial charge in [0.05, 0.1) is 6.10 Å². The highest BCUT2D eigenvalue weighted by atomic mass is 32.2. The number of hydrogen-bond donors (Lipinski definition) is 1. The monoisotopic (exact) mass is 356 g/mol. The molecule has 2 rings (SSSR count). The summed E-state index contributed by atoms with van der Waals surface area (Å²) in [6.07, 6.45) is 2.49. The average molecular weight is 356 g/mol. The normalized spacial score (nSPS) is 14.2. The topological polar surface area (TPSA) is 46.5 Å². The van der Waals surface area contributed by atoms with E-state index in [4.69, 9.17) is 4.74 Å². The summed E-state index contributed by atoms with van der Waals surface area (Å²) in [6.45, 7) is 5.46. The quantitative estimate of drug-likeness (QED) is 0.609. The zero-order valence-corrected chi connectivity index (χ0v) is 15.6. The van der Waals surface area contributed by atoms with Gasteiger partial charge in [-0.05, 0) is 38.5 Å². The number of carbonyl (C=O) groups is 1. The van der Waals surface area contributed by atoms with E-state index in [0.29, 0.717) is 0 Å². The highest BCUT2D eigenvalue weighted by Crippen LogP contribution is 2.28. The molecule has 0 bridgehead atoms. The Labute approximate surface area is 153 Å². The van der Waals surface area contributed by atoms with Gasteiger partial charge in [0.2, 0.25) is 0 Å². The van der Waals surface area contributed by atoms with Crippen LogP contribution >= 0.6 is 11.8 Å². The second-order valence-electron chi connectivity index (χ2n) is 6.65. The van der Waals surface area contributed by atoms with Crippen LogP contribution in [0.15, 0.2) is 71.6 Å². The minimum absolute atomic E-state index is 0.424. The van der Waals surface area contributed by atoms with Crippen LogP contribution in [0.3, 0.4) is 0 Å². The molecule has 0 heterocycles. The Morgan fingerprint density at radius 2 is 1.60 bits per heavy atom. The van der Waals surface area contributed by atoms with Crippen LogP contribution in [-0.2, 0) is 9.53 Å². The standard InChI is InChI=1S/C21H24O3S/c1-21(2,3)24-20(23)19(25-17-12-8-5-9-13-17)18(22)15-14-16-10-6-4-7-11-16/h4-15,18-19,22H,1-3H3/b15-14+/t18-,19-/m0/s1. The number of hydrogen-bond acceptors (Lipinski definition) is 4. The predicted octanol–water partition coefficient (Wildman–Crippen LogP) is 4.56. The van der Waals surface area contributed by atoms with Gasteiger partial charge in [-0.1, -0.05) is 60.7 Å². The third-order valence-corrected chi connectivity index (χ3v) is 4.51. The Morgan fingerprint density at radius 1 is 1.04 bits per heavy atom. The van der Waals surface area contributed by atoms with Gasteiger partial charge in [0.25, 0.3) is 0 Å². The molecule has 25 heavy (non-hydrogen) atoms. The molecule has 2 aromatic rings. The lowest BCUT2D eigenvalue weighted by atomic mass is 10.1. The molecule has 4 heteroatoms. The first-order valence-corrected chi connectivity index (χ1v) is 9.09. The fourth-order valence-electron chi connectivity index (χ4n) is 2.14. The zero-order valence-electron chi connectivity index (χ0n) is 14.8. The van der Waals surface area contributed by atoms with Crippen molar-refractivity contribution in [2.75, 3.05) is 0 Å².